The van der Waals surface area contributed by atoms with Crippen LogP contribution in [-0.2, 0) is 16.4 Å². The fraction of sp³-hybridized carbons (Fsp3) is 0.241. The predicted molar refractivity (Wildman–Crippen MR) is 155 cm³/mol. The van der Waals surface area contributed by atoms with E-state index in [-0.39, 0.29) is 10.8 Å². The summed E-state index contributed by atoms with van der Waals surface area (Å²) in [4.78, 5) is 29.4. The number of fused-ring (bicyclic) bond motifs is 2. The number of carbonyl (C=O) groups is 1. The number of nitrogens with zero attached hydrogens (tertiary/aromatic N) is 6. The Morgan fingerprint density at radius 1 is 0.902 bits per heavy atom. The molecule has 0 radical (unpaired) electrons. The van der Waals surface area contributed by atoms with Crippen LogP contribution >= 0.6 is 0 Å². The minimum Gasteiger partial charge on any atom is -0.345 e. The molecule has 4 aromatic heterocycles. The third kappa shape index (κ3) is 4.45. The summed E-state index contributed by atoms with van der Waals surface area (Å²) in [7, 11) is -1.87. The summed E-state index contributed by atoms with van der Waals surface area (Å²) in [5.41, 5.74) is 5.03. The molecule has 2 aliphatic rings. The van der Waals surface area contributed by atoms with Gasteiger partial charge in [-0.05, 0) is 48.9 Å². The maximum absolute atomic E-state index is 14.0. The van der Waals surface area contributed by atoms with E-state index in [1.54, 1.807) is 18.6 Å². The van der Waals surface area contributed by atoms with Gasteiger partial charge in [0.2, 0.25) is 0 Å². The lowest BCUT2D eigenvalue weighted by Crippen LogP contribution is -2.47. The second kappa shape index (κ2) is 9.82. The van der Waals surface area contributed by atoms with Gasteiger partial charge >= 0.3 is 0 Å². The lowest BCUT2D eigenvalue weighted by molar-refractivity contribution is 0.0664. The maximum atomic E-state index is 14.0. The largest absolute Gasteiger partial charge is 0.345 e. The first-order chi connectivity index (χ1) is 19.9. The van der Waals surface area contributed by atoms with Crippen molar-refractivity contribution in [3.05, 3.63) is 78.4 Å². The smallest absolute Gasteiger partial charge is 0.267 e. The van der Waals surface area contributed by atoms with Crippen molar-refractivity contribution in [3.63, 3.8) is 0 Å². The molecule has 1 fully saturated rings. The molecule has 0 unspecified atom stereocenters. The molecule has 1 aromatic carbocycles. The van der Waals surface area contributed by atoms with Crippen molar-refractivity contribution >= 4 is 32.8 Å². The van der Waals surface area contributed by atoms with Crippen molar-refractivity contribution < 1.29 is 13.2 Å². The number of piperazine rings is 1. The second-order valence-electron chi connectivity index (χ2n) is 10.4. The van der Waals surface area contributed by atoms with E-state index in [0.717, 1.165) is 35.3 Å². The van der Waals surface area contributed by atoms with Gasteiger partial charge in [-0.25, -0.2) is 22.7 Å². The zero-order valence-corrected chi connectivity index (χ0v) is 23.2. The van der Waals surface area contributed by atoms with Crippen LogP contribution in [0.15, 0.2) is 72.1 Å². The highest BCUT2D eigenvalue weighted by molar-refractivity contribution is 7.93. The standard InChI is InChI=1S/C29H28N8O3S/c1-35-10-12-36(13-11-35)29(38)21-4-2-19(3-5-21)22-14-24-26(18-31-27(24)30-15-22)41(39,40)37-9-8-20-6-7-25(34-28(20)37)23-16-32-33-17-23/h2-7,14-18H,8-13H2,1H3,(H,30,31)(H,32,33). The molecule has 0 saturated carbocycles. The fourth-order valence-corrected chi connectivity index (χ4v) is 7.06. The van der Waals surface area contributed by atoms with E-state index in [4.69, 9.17) is 0 Å². The lowest BCUT2D eigenvalue weighted by atomic mass is 10.0. The number of hydrogen-bond donors (Lipinski definition) is 2. The number of amides is 1. The van der Waals surface area contributed by atoms with Crippen LogP contribution in [0, 0.1) is 0 Å². The Hall–Kier alpha value is -4.55. The monoisotopic (exact) mass is 568 g/mol. The van der Waals surface area contributed by atoms with Crippen LogP contribution in [-0.4, -0.2) is 89.0 Å². The molecule has 7 rings (SSSR count). The number of carbonyl (C=O) groups excluding carboxylic acids is 1. The van der Waals surface area contributed by atoms with E-state index < -0.39 is 10.0 Å². The third-order valence-electron chi connectivity index (χ3n) is 7.89. The fourth-order valence-electron chi connectivity index (χ4n) is 5.47. The average molecular weight is 569 g/mol. The number of nitrogens with one attached hydrogen (secondary N) is 2. The third-order valence-corrected chi connectivity index (χ3v) is 9.72. The van der Waals surface area contributed by atoms with Crippen molar-refractivity contribution in [2.45, 2.75) is 11.3 Å². The number of likely N-dealkylation sites (N-methyl/N-ethyl adjacent to an activating group) is 1. The normalized spacial score (nSPS) is 15.9. The molecule has 0 spiro atoms. The van der Waals surface area contributed by atoms with Gasteiger partial charge in [0.05, 0.1) is 11.9 Å². The molecule has 12 heteroatoms. The summed E-state index contributed by atoms with van der Waals surface area (Å²) >= 11 is 0. The Morgan fingerprint density at radius 3 is 2.46 bits per heavy atom. The topological polar surface area (TPSA) is 131 Å². The van der Waals surface area contributed by atoms with Gasteiger partial charge in [0, 0.05) is 73.4 Å². The van der Waals surface area contributed by atoms with Crippen LogP contribution in [0.25, 0.3) is 33.4 Å². The zero-order chi connectivity index (χ0) is 28.1. The predicted octanol–water partition coefficient (Wildman–Crippen LogP) is 3.15. The molecule has 41 heavy (non-hydrogen) atoms. The number of anilines is 1. The number of hydrogen-bond acceptors (Lipinski definition) is 7. The van der Waals surface area contributed by atoms with E-state index in [2.05, 4.69) is 37.1 Å². The molecule has 0 aliphatic carbocycles. The molecule has 1 amide bonds. The molecule has 11 nitrogen and oxygen atoms in total. The molecule has 2 aliphatic heterocycles. The van der Waals surface area contributed by atoms with Crippen molar-refractivity contribution in [3.8, 4) is 22.4 Å². The van der Waals surface area contributed by atoms with Gasteiger partial charge in [-0.15, -0.1) is 0 Å². The second-order valence-corrected chi connectivity index (χ2v) is 12.3. The van der Waals surface area contributed by atoms with Crippen LogP contribution < -0.4 is 4.31 Å². The molecule has 0 bridgehead atoms. The zero-order valence-electron chi connectivity index (χ0n) is 22.4. The lowest BCUT2D eigenvalue weighted by Gasteiger charge is -2.32. The quantitative estimate of drug-likeness (QED) is 0.333. The molecule has 208 valence electrons. The van der Waals surface area contributed by atoms with Crippen LogP contribution in [0.1, 0.15) is 15.9 Å². The highest BCUT2D eigenvalue weighted by atomic mass is 32.2. The van der Waals surface area contributed by atoms with E-state index in [9.17, 15) is 13.2 Å². The minimum absolute atomic E-state index is 0.0210. The van der Waals surface area contributed by atoms with Gasteiger partial charge in [0.15, 0.2) is 0 Å². The average Bonchev–Trinajstić information content (AvgIpc) is 3.77. The van der Waals surface area contributed by atoms with Crippen molar-refractivity contribution in [2.75, 3.05) is 44.1 Å². The highest BCUT2D eigenvalue weighted by Gasteiger charge is 2.34. The van der Waals surface area contributed by atoms with Crippen molar-refractivity contribution in [1.29, 1.82) is 0 Å². The van der Waals surface area contributed by atoms with Gasteiger partial charge in [-0.3, -0.25) is 9.89 Å². The Kier molecular flexibility index (Phi) is 6.09. The van der Waals surface area contributed by atoms with Crippen LogP contribution in [0.4, 0.5) is 5.82 Å². The number of rotatable bonds is 5. The molecule has 1 saturated heterocycles. The molecule has 2 N–H and O–H groups in total. The van der Waals surface area contributed by atoms with Gasteiger partial charge in [0.25, 0.3) is 15.9 Å². The maximum Gasteiger partial charge on any atom is 0.267 e. The summed E-state index contributed by atoms with van der Waals surface area (Å²) in [6.07, 6.45) is 7.16. The summed E-state index contributed by atoms with van der Waals surface area (Å²) in [6.45, 7) is 3.46. The Balaban J connectivity index is 1.19. The molecule has 6 heterocycles. The first-order valence-corrected chi connectivity index (χ1v) is 14.9. The number of aromatic amines is 2. The SMILES string of the molecule is CN1CCN(C(=O)c2ccc(-c3cnc4[nH]cc(S(=O)(=O)N5CCc6ccc(-c7cn[nH]c7)nc65)c4c3)cc2)CC1. The van der Waals surface area contributed by atoms with E-state index in [1.165, 1.54) is 10.5 Å². The molecular weight excluding hydrogens is 540 g/mol. The van der Waals surface area contributed by atoms with Crippen molar-refractivity contribution in [2.24, 2.45) is 0 Å². The van der Waals surface area contributed by atoms with E-state index in [1.807, 2.05) is 47.4 Å². The molecule has 5 aromatic rings. The van der Waals surface area contributed by atoms with Crippen LogP contribution in [0.2, 0.25) is 0 Å². The first-order valence-electron chi connectivity index (χ1n) is 13.5. The number of pyridine rings is 2. The number of H-pyrrole nitrogens is 2. The first kappa shape index (κ1) is 25.4. The Bertz CT molecular complexity index is 1860. The number of aromatic nitrogens is 5. The van der Waals surface area contributed by atoms with Crippen LogP contribution in [0.3, 0.4) is 0 Å². The highest BCUT2D eigenvalue weighted by Crippen LogP contribution is 2.36. The van der Waals surface area contributed by atoms with Gasteiger partial charge in [0.1, 0.15) is 16.4 Å². The molecular formula is C29H28N8O3S. The summed E-state index contributed by atoms with van der Waals surface area (Å²) in [5.74, 6) is 0.454. The number of sulfonamides is 1. The van der Waals surface area contributed by atoms with Crippen molar-refractivity contribution in [1.82, 2.24) is 34.9 Å². The van der Waals surface area contributed by atoms with Gasteiger partial charge in [-0.1, -0.05) is 18.2 Å². The molecule has 0 atom stereocenters. The van der Waals surface area contributed by atoms with E-state index in [0.29, 0.717) is 54.2 Å². The number of benzene rings is 1. The Morgan fingerprint density at radius 2 is 1.71 bits per heavy atom. The Labute approximate surface area is 236 Å². The van der Waals surface area contributed by atoms with Crippen LogP contribution in [0.5, 0.6) is 0 Å². The summed E-state index contributed by atoms with van der Waals surface area (Å²) in [5, 5.41) is 7.25. The summed E-state index contributed by atoms with van der Waals surface area (Å²) < 4.78 is 29.3. The van der Waals surface area contributed by atoms with Gasteiger partial charge in [-0.2, -0.15) is 5.10 Å². The van der Waals surface area contributed by atoms with Gasteiger partial charge < -0.3 is 14.8 Å². The minimum atomic E-state index is -3.93. The van der Waals surface area contributed by atoms with E-state index >= 15 is 0 Å². The summed E-state index contributed by atoms with van der Waals surface area (Å²) in [6, 6.07) is 13.0.